The lowest BCUT2D eigenvalue weighted by Gasteiger charge is -2.10. The van der Waals surface area contributed by atoms with Gasteiger partial charge in [-0.05, 0) is 31.9 Å². The van der Waals surface area contributed by atoms with E-state index in [-0.39, 0.29) is 0 Å². The summed E-state index contributed by atoms with van der Waals surface area (Å²) in [5, 5.41) is 17.8. The molecule has 14 heavy (non-hydrogen) atoms. The van der Waals surface area contributed by atoms with E-state index in [9.17, 15) is 5.11 Å². The van der Waals surface area contributed by atoms with Gasteiger partial charge >= 0.3 is 0 Å². The minimum atomic E-state index is -0.416. The first kappa shape index (κ1) is 10.8. The Morgan fingerprint density at radius 1 is 1.57 bits per heavy atom. The van der Waals surface area contributed by atoms with Gasteiger partial charge in [0.15, 0.2) is 0 Å². The second-order valence-corrected chi connectivity index (χ2v) is 3.42. The van der Waals surface area contributed by atoms with Gasteiger partial charge in [0.05, 0.1) is 12.2 Å². The van der Waals surface area contributed by atoms with Crippen molar-refractivity contribution in [1.29, 1.82) is 5.26 Å². The molecule has 1 rings (SSSR count). The predicted octanol–water partition coefficient (Wildman–Crippen LogP) is 2.24. The lowest BCUT2D eigenvalue weighted by atomic mass is 10.2. The van der Waals surface area contributed by atoms with Gasteiger partial charge in [0, 0.05) is 24.9 Å². The molecule has 1 heterocycles. The highest BCUT2D eigenvalue weighted by molar-refractivity contribution is 5.09. The number of nitriles is 1. The van der Waals surface area contributed by atoms with Crippen molar-refractivity contribution in [2.75, 3.05) is 0 Å². The third-order valence-corrected chi connectivity index (χ3v) is 2.23. The van der Waals surface area contributed by atoms with Crippen LogP contribution in [-0.2, 0) is 6.54 Å². The summed E-state index contributed by atoms with van der Waals surface area (Å²) in [6.45, 7) is 2.65. The molecule has 1 unspecified atom stereocenters. The number of rotatable bonds is 5. The first-order chi connectivity index (χ1) is 6.75. The van der Waals surface area contributed by atoms with Gasteiger partial charge in [-0.25, -0.2) is 0 Å². The molecule has 1 N–H and O–H groups in total. The number of unbranched alkanes of at least 4 members (excludes halogenated alkanes) is 2. The Morgan fingerprint density at radius 3 is 3.00 bits per heavy atom. The molecule has 0 aliphatic heterocycles. The summed E-state index contributed by atoms with van der Waals surface area (Å²) in [6.07, 6.45) is 4.08. The molecule has 0 saturated carbocycles. The summed E-state index contributed by atoms with van der Waals surface area (Å²) in [5.74, 6) is 0. The van der Waals surface area contributed by atoms with E-state index < -0.39 is 6.10 Å². The van der Waals surface area contributed by atoms with Crippen LogP contribution in [0.3, 0.4) is 0 Å². The molecule has 3 heteroatoms. The molecule has 0 bridgehead atoms. The molecule has 0 spiro atoms. The van der Waals surface area contributed by atoms with Crippen LogP contribution in [0.5, 0.6) is 0 Å². The van der Waals surface area contributed by atoms with Gasteiger partial charge in [-0.1, -0.05) is 0 Å². The van der Waals surface area contributed by atoms with Crippen LogP contribution in [0, 0.1) is 11.3 Å². The van der Waals surface area contributed by atoms with Crippen LogP contribution in [0.2, 0.25) is 0 Å². The maximum absolute atomic E-state index is 9.42. The normalized spacial score (nSPS) is 12.4. The summed E-state index contributed by atoms with van der Waals surface area (Å²) in [7, 11) is 0. The zero-order valence-electron chi connectivity index (χ0n) is 8.48. The second kappa shape index (κ2) is 5.46. The quantitative estimate of drug-likeness (QED) is 0.727. The second-order valence-electron chi connectivity index (χ2n) is 3.42. The monoisotopic (exact) mass is 192 g/mol. The number of aliphatic hydroxyl groups is 1. The number of aliphatic hydroxyl groups excluding tert-OH is 1. The minimum absolute atomic E-state index is 0.416. The summed E-state index contributed by atoms with van der Waals surface area (Å²) in [4.78, 5) is 0. The highest BCUT2D eigenvalue weighted by Gasteiger charge is 2.05. The van der Waals surface area contributed by atoms with Crippen molar-refractivity contribution in [2.45, 2.75) is 38.8 Å². The summed E-state index contributed by atoms with van der Waals surface area (Å²) >= 11 is 0. The van der Waals surface area contributed by atoms with E-state index in [0.29, 0.717) is 6.42 Å². The molecule has 0 aromatic carbocycles. The molecule has 1 aromatic rings. The Bertz CT molecular complexity index is 309. The maximum atomic E-state index is 9.42. The zero-order chi connectivity index (χ0) is 10.4. The van der Waals surface area contributed by atoms with Crippen molar-refractivity contribution >= 4 is 0 Å². The van der Waals surface area contributed by atoms with E-state index in [0.717, 1.165) is 25.1 Å². The number of aromatic nitrogens is 1. The van der Waals surface area contributed by atoms with E-state index >= 15 is 0 Å². The molecule has 0 fully saturated rings. The average Bonchev–Trinajstić information content (AvgIpc) is 2.60. The van der Waals surface area contributed by atoms with Gasteiger partial charge in [-0.3, -0.25) is 0 Å². The number of nitrogens with zero attached hydrogens (tertiary/aromatic N) is 2. The van der Waals surface area contributed by atoms with Crippen molar-refractivity contribution in [1.82, 2.24) is 4.57 Å². The summed E-state index contributed by atoms with van der Waals surface area (Å²) in [6, 6.07) is 5.99. The number of hydrogen-bond donors (Lipinski definition) is 1. The summed E-state index contributed by atoms with van der Waals surface area (Å²) in [5.41, 5.74) is 0.946. The van der Waals surface area contributed by atoms with E-state index in [4.69, 9.17) is 5.26 Å². The van der Waals surface area contributed by atoms with Gasteiger partial charge in [0.25, 0.3) is 0 Å². The summed E-state index contributed by atoms with van der Waals surface area (Å²) < 4.78 is 2.04. The largest absolute Gasteiger partial charge is 0.387 e. The van der Waals surface area contributed by atoms with Gasteiger partial charge in [-0.15, -0.1) is 0 Å². The van der Waals surface area contributed by atoms with Gasteiger partial charge < -0.3 is 9.67 Å². The minimum Gasteiger partial charge on any atom is -0.387 e. The van der Waals surface area contributed by atoms with Crippen LogP contribution >= 0.6 is 0 Å². The van der Waals surface area contributed by atoms with Crippen molar-refractivity contribution in [3.05, 3.63) is 24.0 Å². The molecule has 1 aromatic heterocycles. The fourth-order valence-corrected chi connectivity index (χ4v) is 1.50. The lowest BCUT2D eigenvalue weighted by molar-refractivity contribution is 0.189. The van der Waals surface area contributed by atoms with Crippen LogP contribution in [0.25, 0.3) is 0 Å². The van der Waals surface area contributed by atoms with Crippen LogP contribution < -0.4 is 0 Å². The van der Waals surface area contributed by atoms with Gasteiger partial charge in [-0.2, -0.15) is 5.26 Å². The van der Waals surface area contributed by atoms with Crippen LogP contribution in [0.4, 0.5) is 0 Å². The molecular formula is C11H16N2O. The Balaban J connectivity index is 2.43. The van der Waals surface area contributed by atoms with Crippen LogP contribution in [0.15, 0.2) is 18.3 Å². The molecule has 0 aliphatic carbocycles. The van der Waals surface area contributed by atoms with E-state index in [1.54, 1.807) is 6.92 Å². The Labute approximate surface area is 84.6 Å². The molecular weight excluding hydrogens is 176 g/mol. The Morgan fingerprint density at radius 2 is 2.36 bits per heavy atom. The maximum Gasteiger partial charge on any atom is 0.0911 e. The van der Waals surface area contributed by atoms with E-state index in [1.165, 1.54) is 0 Å². The Hall–Kier alpha value is -1.27. The number of aryl methyl sites for hydroxylation is 1. The zero-order valence-corrected chi connectivity index (χ0v) is 8.48. The van der Waals surface area contributed by atoms with E-state index in [2.05, 4.69) is 6.07 Å². The molecule has 0 saturated heterocycles. The van der Waals surface area contributed by atoms with E-state index in [1.807, 2.05) is 22.9 Å². The highest BCUT2D eigenvalue weighted by Crippen LogP contribution is 2.13. The third kappa shape index (κ3) is 2.90. The fourth-order valence-electron chi connectivity index (χ4n) is 1.50. The molecule has 0 aliphatic rings. The van der Waals surface area contributed by atoms with Crippen molar-refractivity contribution in [3.63, 3.8) is 0 Å². The molecule has 0 amide bonds. The third-order valence-electron chi connectivity index (χ3n) is 2.23. The SMILES string of the molecule is CC(O)c1cccn1CCCCC#N. The van der Waals surface area contributed by atoms with Crippen molar-refractivity contribution in [3.8, 4) is 6.07 Å². The fraction of sp³-hybridized carbons (Fsp3) is 0.545. The van der Waals surface area contributed by atoms with Crippen LogP contribution in [-0.4, -0.2) is 9.67 Å². The molecule has 1 atom stereocenters. The smallest absolute Gasteiger partial charge is 0.0911 e. The first-order valence-electron chi connectivity index (χ1n) is 4.95. The predicted molar refractivity (Wildman–Crippen MR) is 54.5 cm³/mol. The Kier molecular flexibility index (Phi) is 4.21. The van der Waals surface area contributed by atoms with Crippen molar-refractivity contribution < 1.29 is 5.11 Å². The first-order valence-corrected chi connectivity index (χ1v) is 4.95. The van der Waals surface area contributed by atoms with Crippen LogP contribution in [0.1, 0.15) is 38.0 Å². The molecule has 76 valence electrons. The molecule has 3 nitrogen and oxygen atoms in total. The highest BCUT2D eigenvalue weighted by atomic mass is 16.3. The lowest BCUT2D eigenvalue weighted by Crippen LogP contribution is -2.04. The topological polar surface area (TPSA) is 49.0 Å². The van der Waals surface area contributed by atoms with Crippen molar-refractivity contribution in [2.24, 2.45) is 0 Å². The standard InChI is InChI=1S/C11H16N2O/c1-10(14)11-6-5-9-13(11)8-4-2-3-7-12/h5-6,9-10,14H,2-4,8H2,1H3. The average molecular weight is 192 g/mol. The van der Waals surface area contributed by atoms with Gasteiger partial charge in [0.1, 0.15) is 0 Å². The molecule has 0 radical (unpaired) electrons. The number of hydrogen-bond acceptors (Lipinski definition) is 2. The van der Waals surface area contributed by atoms with Gasteiger partial charge in [0.2, 0.25) is 0 Å².